The Morgan fingerprint density at radius 2 is 0.600 bits per heavy atom. The van der Waals surface area contributed by atoms with Crippen molar-refractivity contribution in [3.63, 3.8) is 0 Å². The Hall–Kier alpha value is 1.19. The van der Waals surface area contributed by atoms with Crippen LogP contribution in [0.25, 0.3) is 0 Å². The Morgan fingerprint density at radius 1 is 0.600 bits per heavy atom. The van der Waals surface area contributed by atoms with E-state index in [1.165, 1.54) is 0 Å². The molecule has 0 atom stereocenters. The summed E-state index contributed by atoms with van der Waals surface area (Å²) < 4.78 is 0. The summed E-state index contributed by atoms with van der Waals surface area (Å²) in [5.41, 5.74) is 0. The normalized spacial score (nSPS) is 0. The van der Waals surface area contributed by atoms with Crippen LogP contribution in [0.4, 0.5) is 0 Å². The monoisotopic (exact) mass is 190 g/mol. The van der Waals surface area contributed by atoms with Gasteiger partial charge in [0.2, 0.25) is 0 Å². The van der Waals surface area contributed by atoms with Crippen LogP contribution in [0, 0.1) is 0 Å². The molecule has 40 valence electrons. The molecule has 0 saturated heterocycles. The van der Waals surface area contributed by atoms with E-state index in [1.54, 1.807) is 0 Å². The Morgan fingerprint density at radius 3 is 0.600 bits per heavy atom. The Labute approximate surface area is 58.2 Å². The Bertz CT molecular complexity index is 6.85. The van der Waals surface area contributed by atoms with Crippen LogP contribution in [-0.4, -0.2) is 50.5 Å². The Kier molecular flexibility index (Phi) is 1500. The van der Waals surface area contributed by atoms with Gasteiger partial charge in [-0.2, -0.15) is 0 Å². The zero-order chi connectivity index (χ0) is 0. The van der Waals surface area contributed by atoms with Crippen molar-refractivity contribution < 1.29 is 0 Å². The van der Waals surface area contributed by atoms with Crippen molar-refractivity contribution in [3.8, 4) is 0 Å². The first kappa shape index (κ1) is 117. The number of hydrogen-bond acceptors (Lipinski definition) is 0. The maximum atomic E-state index is 0. The van der Waals surface area contributed by atoms with Crippen LogP contribution in [-0.2, 0) is 0 Å². The van der Waals surface area contributed by atoms with Crippen LogP contribution >= 0.6 is 0 Å². The molecule has 5 heavy (non-hydrogen) atoms. The molecular formula is CH20GeSi3. The van der Waals surface area contributed by atoms with Crippen LogP contribution in [0.5, 0.6) is 0 Å². The Balaban J connectivity index is 0. The third kappa shape index (κ3) is 37.2. The minimum atomic E-state index is 0. The molecule has 0 bridgehead atoms. The van der Waals surface area contributed by atoms with Crippen LogP contribution < -0.4 is 0 Å². The fourth-order valence-electron chi connectivity index (χ4n) is 0. The van der Waals surface area contributed by atoms with E-state index in [2.05, 4.69) is 0 Å². The van der Waals surface area contributed by atoms with Crippen molar-refractivity contribution in [2.24, 2.45) is 0 Å². The SMILES string of the molecule is C.[GeH4].[SiH4].[SiH4].[SiH4]. The third-order valence-corrected chi connectivity index (χ3v) is 0. The summed E-state index contributed by atoms with van der Waals surface area (Å²) in [4.78, 5) is 0. The fraction of sp³-hybridized carbons (Fsp3) is 1.00. The van der Waals surface area contributed by atoms with Gasteiger partial charge in [0.1, 0.15) is 0 Å². The molecule has 0 rings (SSSR count). The van der Waals surface area contributed by atoms with E-state index >= 15 is 0 Å². The van der Waals surface area contributed by atoms with Gasteiger partial charge in [0.15, 0.2) is 0 Å². The largest absolute Gasteiger partial charge is 0.0149 e. The quantitative estimate of drug-likeness (QED) is 0.334. The molecule has 0 aromatic heterocycles. The molecule has 0 aliphatic rings. The van der Waals surface area contributed by atoms with Gasteiger partial charge in [-0.3, -0.25) is 0 Å². The molecule has 0 saturated carbocycles. The maximum absolute atomic E-state index is 0. The van der Waals surface area contributed by atoms with Crippen molar-refractivity contribution in [3.05, 3.63) is 0 Å². The molecule has 0 unspecified atom stereocenters. The summed E-state index contributed by atoms with van der Waals surface area (Å²) in [7, 11) is 0. The summed E-state index contributed by atoms with van der Waals surface area (Å²) in [6, 6.07) is 0. The van der Waals surface area contributed by atoms with Crippen LogP contribution in [0.1, 0.15) is 7.43 Å². The van der Waals surface area contributed by atoms with E-state index in [-0.39, 0.29) is 57.9 Å². The minimum absolute atomic E-state index is 0. The van der Waals surface area contributed by atoms with Crippen LogP contribution in [0.2, 0.25) is 0 Å². The summed E-state index contributed by atoms with van der Waals surface area (Å²) >= 11 is 0. The van der Waals surface area contributed by atoms with E-state index < -0.39 is 0 Å². The molecule has 0 nitrogen and oxygen atoms in total. The van der Waals surface area contributed by atoms with Gasteiger partial charge >= 0.3 is 17.6 Å². The zero-order valence-corrected chi connectivity index (χ0v) is 0. The molecule has 0 amide bonds. The van der Waals surface area contributed by atoms with Gasteiger partial charge in [-0.15, -0.1) is 0 Å². The van der Waals surface area contributed by atoms with Crippen molar-refractivity contribution in [2.75, 3.05) is 0 Å². The van der Waals surface area contributed by atoms with Gasteiger partial charge in [0.05, 0.1) is 0 Å². The van der Waals surface area contributed by atoms with Crippen molar-refractivity contribution in [2.45, 2.75) is 7.43 Å². The molecule has 0 aromatic rings. The zero-order valence-electron chi connectivity index (χ0n) is 0. The second-order valence-electron chi connectivity index (χ2n) is 0. The first-order chi connectivity index (χ1) is 0. The third-order valence-electron chi connectivity index (χ3n) is 0. The van der Waals surface area contributed by atoms with Gasteiger partial charge < -0.3 is 0 Å². The van der Waals surface area contributed by atoms with Gasteiger partial charge in [0.25, 0.3) is 0 Å². The predicted molar refractivity (Wildman–Crippen MR) is 52.1 cm³/mol. The van der Waals surface area contributed by atoms with Crippen LogP contribution in [0.15, 0.2) is 0 Å². The van der Waals surface area contributed by atoms with Crippen molar-refractivity contribution in [1.82, 2.24) is 0 Å². The second kappa shape index (κ2) is 64.1. The fourth-order valence-corrected chi connectivity index (χ4v) is 0. The van der Waals surface area contributed by atoms with E-state index in [1.807, 2.05) is 0 Å². The molecule has 0 radical (unpaired) electrons. The van der Waals surface area contributed by atoms with Crippen molar-refractivity contribution >= 4 is 50.5 Å². The second-order valence-corrected chi connectivity index (χ2v) is 0. The van der Waals surface area contributed by atoms with Crippen LogP contribution in [0.3, 0.4) is 0 Å². The smallest absolute Gasteiger partial charge is 0.0149 e. The number of hydrogen-bond donors (Lipinski definition) is 0. The van der Waals surface area contributed by atoms with E-state index in [4.69, 9.17) is 0 Å². The topological polar surface area (TPSA) is 0 Å². The minimum Gasteiger partial charge on any atom is -0.0149 e. The van der Waals surface area contributed by atoms with Gasteiger partial charge in [-0.05, 0) is 32.9 Å². The molecule has 4 heteroatoms. The summed E-state index contributed by atoms with van der Waals surface area (Å²) in [5.74, 6) is 0. The standard InChI is InChI=1S/CH4.GeH4.3H4Si/h5*1H4. The first-order valence-electron chi connectivity index (χ1n) is 0. The molecule has 0 aliphatic carbocycles. The van der Waals surface area contributed by atoms with Crippen molar-refractivity contribution in [1.29, 1.82) is 0 Å². The molecular weight excluding hydrogens is 169 g/mol. The molecule has 0 spiro atoms. The maximum Gasteiger partial charge on any atom is -0.0149 e. The predicted octanol–water partition coefficient (Wildman–Crippen LogP) is -5.17. The molecule has 0 aromatic carbocycles. The van der Waals surface area contributed by atoms with E-state index in [9.17, 15) is 0 Å². The van der Waals surface area contributed by atoms with Gasteiger partial charge in [-0.1, -0.05) is 7.43 Å². The first-order valence-corrected chi connectivity index (χ1v) is 0. The average molecular weight is 189 g/mol. The molecule has 0 aliphatic heterocycles. The molecule has 0 fully saturated rings. The van der Waals surface area contributed by atoms with E-state index in [0.29, 0.717) is 0 Å². The summed E-state index contributed by atoms with van der Waals surface area (Å²) in [5, 5.41) is 0. The summed E-state index contributed by atoms with van der Waals surface area (Å²) in [6.07, 6.45) is 0. The average Bonchev–Trinajstić information content (AvgIpc) is 0. The van der Waals surface area contributed by atoms with E-state index in [0.717, 1.165) is 0 Å². The molecule has 0 heterocycles. The van der Waals surface area contributed by atoms with Gasteiger partial charge in [0, 0.05) is 0 Å². The number of rotatable bonds is 0. The van der Waals surface area contributed by atoms with Gasteiger partial charge in [-0.25, -0.2) is 0 Å². The summed E-state index contributed by atoms with van der Waals surface area (Å²) in [6.45, 7) is 0. The molecule has 0 N–H and O–H groups in total.